The van der Waals surface area contributed by atoms with Crippen LogP contribution in [0.5, 0.6) is 11.5 Å². The number of likely N-dealkylation sites (tertiary alicyclic amines) is 1. The molecule has 0 aliphatic carbocycles. The van der Waals surface area contributed by atoms with Gasteiger partial charge in [-0.15, -0.1) is 11.3 Å². The van der Waals surface area contributed by atoms with Gasteiger partial charge in [-0.1, -0.05) is 12.1 Å². The van der Waals surface area contributed by atoms with E-state index < -0.39 is 0 Å². The number of fused-ring (bicyclic) bond motifs is 1. The van der Waals surface area contributed by atoms with Gasteiger partial charge in [-0.05, 0) is 55.4 Å². The molecule has 0 bridgehead atoms. The summed E-state index contributed by atoms with van der Waals surface area (Å²) in [6, 6.07) is 9.59. The zero-order valence-electron chi connectivity index (χ0n) is 15.2. The van der Waals surface area contributed by atoms with Crippen molar-refractivity contribution in [3.8, 4) is 11.5 Å². The van der Waals surface area contributed by atoms with E-state index in [9.17, 15) is 4.79 Å². The molecule has 1 saturated heterocycles. The molecule has 1 aromatic heterocycles. The van der Waals surface area contributed by atoms with Crippen LogP contribution in [0.1, 0.15) is 22.5 Å². The SMILES string of the molecule is Nc1ccsc1C(=O)NCC1CCN(CC2COc3ccccc3O2)CC1. The number of hydrogen-bond acceptors (Lipinski definition) is 6. The van der Waals surface area contributed by atoms with Gasteiger partial charge in [0.1, 0.15) is 17.6 Å². The number of hydrogen-bond donors (Lipinski definition) is 2. The zero-order valence-corrected chi connectivity index (χ0v) is 16.0. The quantitative estimate of drug-likeness (QED) is 0.825. The number of carbonyl (C=O) groups excluding carboxylic acids is 1. The Morgan fingerprint density at radius 1 is 1.22 bits per heavy atom. The lowest BCUT2D eigenvalue weighted by atomic mass is 9.96. The largest absolute Gasteiger partial charge is 0.486 e. The van der Waals surface area contributed by atoms with Crippen LogP contribution in [0.4, 0.5) is 5.69 Å². The Morgan fingerprint density at radius 3 is 2.74 bits per heavy atom. The minimum absolute atomic E-state index is 0.0589. The number of nitrogens with one attached hydrogen (secondary N) is 1. The molecule has 1 amide bonds. The van der Waals surface area contributed by atoms with Crippen molar-refractivity contribution in [2.75, 3.05) is 38.5 Å². The van der Waals surface area contributed by atoms with Gasteiger partial charge in [-0.25, -0.2) is 0 Å². The van der Waals surface area contributed by atoms with E-state index in [0.29, 0.717) is 29.6 Å². The first-order valence-electron chi connectivity index (χ1n) is 9.41. The summed E-state index contributed by atoms with van der Waals surface area (Å²) in [5.41, 5.74) is 6.37. The Hall–Kier alpha value is -2.25. The van der Waals surface area contributed by atoms with Crippen molar-refractivity contribution in [2.45, 2.75) is 18.9 Å². The number of nitrogen functional groups attached to an aromatic ring is 1. The van der Waals surface area contributed by atoms with Gasteiger partial charge >= 0.3 is 0 Å². The van der Waals surface area contributed by atoms with Crippen LogP contribution in [-0.2, 0) is 0 Å². The van der Waals surface area contributed by atoms with Crippen LogP contribution < -0.4 is 20.5 Å². The molecule has 1 unspecified atom stereocenters. The number of amides is 1. The number of nitrogens with two attached hydrogens (primary N) is 1. The van der Waals surface area contributed by atoms with Crippen molar-refractivity contribution >= 4 is 22.9 Å². The predicted molar refractivity (Wildman–Crippen MR) is 107 cm³/mol. The van der Waals surface area contributed by atoms with E-state index in [-0.39, 0.29) is 12.0 Å². The fourth-order valence-corrected chi connectivity index (χ4v) is 4.37. The van der Waals surface area contributed by atoms with Gasteiger partial charge in [-0.3, -0.25) is 9.69 Å². The van der Waals surface area contributed by atoms with Crippen molar-refractivity contribution in [3.05, 3.63) is 40.6 Å². The van der Waals surface area contributed by atoms with E-state index in [2.05, 4.69) is 10.2 Å². The molecule has 1 atom stereocenters. The summed E-state index contributed by atoms with van der Waals surface area (Å²) in [4.78, 5) is 15.2. The Balaban J connectivity index is 1.19. The first-order valence-corrected chi connectivity index (χ1v) is 10.3. The molecule has 144 valence electrons. The average molecular weight is 388 g/mol. The molecule has 2 aliphatic rings. The van der Waals surface area contributed by atoms with Gasteiger partial charge < -0.3 is 20.5 Å². The Labute approximate surface area is 163 Å². The van der Waals surface area contributed by atoms with Gasteiger partial charge in [-0.2, -0.15) is 0 Å². The molecule has 7 heteroatoms. The Bertz CT molecular complexity index is 786. The van der Waals surface area contributed by atoms with E-state index in [4.69, 9.17) is 15.2 Å². The number of rotatable bonds is 5. The number of ether oxygens (including phenoxy) is 2. The predicted octanol–water partition coefficient (Wildman–Crippen LogP) is 2.61. The molecule has 2 aromatic rings. The number of anilines is 1. The highest BCUT2D eigenvalue weighted by Crippen LogP contribution is 2.31. The van der Waals surface area contributed by atoms with E-state index in [0.717, 1.165) is 44.0 Å². The van der Waals surface area contributed by atoms with Crippen LogP contribution in [-0.4, -0.2) is 49.7 Å². The third-order valence-corrected chi connectivity index (χ3v) is 6.12. The molecule has 3 heterocycles. The normalized spacial score (nSPS) is 20.4. The maximum absolute atomic E-state index is 12.2. The first-order chi connectivity index (χ1) is 13.2. The summed E-state index contributed by atoms with van der Waals surface area (Å²) >= 11 is 1.39. The zero-order chi connectivity index (χ0) is 18.6. The fraction of sp³-hybridized carbons (Fsp3) is 0.450. The minimum atomic E-state index is -0.0589. The lowest BCUT2D eigenvalue weighted by molar-refractivity contribution is 0.0476. The monoisotopic (exact) mass is 387 g/mol. The molecule has 0 saturated carbocycles. The summed E-state index contributed by atoms with van der Waals surface area (Å²) in [5, 5.41) is 4.88. The molecule has 0 radical (unpaired) electrons. The van der Waals surface area contributed by atoms with Gasteiger partial charge in [0, 0.05) is 13.1 Å². The summed E-state index contributed by atoms with van der Waals surface area (Å²) in [6.45, 7) is 4.21. The number of para-hydroxylation sites is 2. The number of carbonyl (C=O) groups is 1. The third-order valence-electron chi connectivity index (χ3n) is 5.19. The number of nitrogens with zero attached hydrogens (tertiary/aromatic N) is 1. The van der Waals surface area contributed by atoms with Crippen molar-refractivity contribution in [1.29, 1.82) is 0 Å². The summed E-state index contributed by atoms with van der Waals surface area (Å²) in [5.74, 6) is 2.11. The molecule has 27 heavy (non-hydrogen) atoms. The molecule has 6 nitrogen and oxygen atoms in total. The fourth-order valence-electron chi connectivity index (χ4n) is 3.64. The summed E-state index contributed by atoms with van der Waals surface area (Å²) < 4.78 is 11.9. The molecular weight excluding hydrogens is 362 g/mol. The van der Waals surface area contributed by atoms with Crippen LogP contribution in [0, 0.1) is 5.92 Å². The maximum Gasteiger partial charge on any atom is 0.263 e. The molecule has 1 aromatic carbocycles. The molecule has 3 N–H and O–H groups in total. The van der Waals surface area contributed by atoms with E-state index in [1.807, 2.05) is 29.6 Å². The lowest BCUT2D eigenvalue weighted by Gasteiger charge is -2.35. The Kier molecular flexibility index (Phi) is 5.50. The molecule has 0 spiro atoms. The highest BCUT2D eigenvalue weighted by Gasteiger charge is 2.26. The van der Waals surface area contributed by atoms with E-state index >= 15 is 0 Å². The van der Waals surface area contributed by atoms with E-state index in [1.54, 1.807) is 6.07 Å². The van der Waals surface area contributed by atoms with Gasteiger partial charge in [0.15, 0.2) is 11.5 Å². The molecule has 1 fully saturated rings. The van der Waals surface area contributed by atoms with Crippen LogP contribution >= 0.6 is 11.3 Å². The topological polar surface area (TPSA) is 76.8 Å². The second kappa shape index (κ2) is 8.19. The third kappa shape index (κ3) is 4.36. The second-order valence-electron chi connectivity index (χ2n) is 7.16. The Morgan fingerprint density at radius 2 is 2.00 bits per heavy atom. The van der Waals surface area contributed by atoms with Crippen LogP contribution in [0.25, 0.3) is 0 Å². The summed E-state index contributed by atoms with van der Waals surface area (Å²) in [6.07, 6.45) is 2.22. The van der Waals surface area contributed by atoms with Crippen LogP contribution in [0.2, 0.25) is 0 Å². The standard InChI is InChI=1S/C20H25N3O3S/c21-16-7-10-27-19(16)20(24)22-11-14-5-8-23(9-6-14)12-15-13-25-17-3-1-2-4-18(17)26-15/h1-4,7,10,14-15H,5-6,8-9,11-13,21H2,(H,22,24). The minimum Gasteiger partial charge on any atom is -0.486 e. The molecule has 2 aliphatic heterocycles. The number of thiophene rings is 1. The van der Waals surface area contributed by atoms with Gasteiger partial charge in [0.25, 0.3) is 5.91 Å². The molecular formula is C20H25N3O3S. The highest BCUT2D eigenvalue weighted by atomic mass is 32.1. The first kappa shape index (κ1) is 18.1. The van der Waals surface area contributed by atoms with Gasteiger partial charge in [0.2, 0.25) is 0 Å². The second-order valence-corrected chi connectivity index (χ2v) is 8.07. The van der Waals surface area contributed by atoms with Crippen molar-refractivity contribution in [2.24, 2.45) is 5.92 Å². The molecule has 4 rings (SSSR count). The van der Waals surface area contributed by atoms with Crippen molar-refractivity contribution < 1.29 is 14.3 Å². The maximum atomic E-state index is 12.2. The average Bonchev–Trinajstić information content (AvgIpc) is 3.13. The van der Waals surface area contributed by atoms with Crippen molar-refractivity contribution in [3.63, 3.8) is 0 Å². The van der Waals surface area contributed by atoms with E-state index in [1.165, 1.54) is 11.3 Å². The van der Waals surface area contributed by atoms with Crippen molar-refractivity contribution in [1.82, 2.24) is 10.2 Å². The van der Waals surface area contributed by atoms with Gasteiger partial charge in [0.05, 0.1) is 5.69 Å². The van der Waals surface area contributed by atoms with Crippen LogP contribution in [0.15, 0.2) is 35.7 Å². The van der Waals surface area contributed by atoms with Crippen LogP contribution in [0.3, 0.4) is 0 Å². The summed E-state index contributed by atoms with van der Waals surface area (Å²) in [7, 11) is 0. The highest BCUT2D eigenvalue weighted by molar-refractivity contribution is 7.12. The number of piperidine rings is 1. The smallest absolute Gasteiger partial charge is 0.263 e. The lowest BCUT2D eigenvalue weighted by Crippen LogP contribution is -2.45. The number of benzene rings is 1.